The average Bonchev–Trinajstić information content (AvgIpc) is 3.16. The van der Waals surface area contributed by atoms with Gasteiger partial charge in [0.25, 0.3) is 5.91 Å². The molecular formula is C22H26N4O2. The summed E-state index contributed by atoms with van der Waals surface area (Å²) in [5, 5.41) is 0. The van der Waals surface area contributed by atoms with Crippen LogP contribution in [0.1, 0.15) is 41.6 Å². The number of amides is 2. The highest BCUT2D eigenvalue weighted by atomic mass is 16.2. The van der Waals surface area contributed by atoms with Crippen molar-refractivity contribution in [2.45, 2.75) is 32.1 Å². The van der Waals surface area contributed by atoms with Gasteiger partial charge in [-0.05, 0) is 55.4 Å². The van der Waals surface area contributed by atoms with Crippen molar-refractivity contribution >= 4 is 23.3 Å². The fourth-order valence-corrected chi connectivity index (χ4v) is 4.26. The third kappa shape index (κ3) is 3.86. The summed E-state index contributed by atoms with van der Waals surface area (Å²) >= 11 is 0. The SMILES string of the molecule is NC(=O)CCC1CCCN(c2ccc(C(=O)N3CCc4ccccc43)cn2)C1. The van der Waals surface area contributed by atoms with E-state index in [1.807, 2.05) is 35.2 Å². The largest absolute Gasteiger partial charge is 0.370 e. The fraction of sp³-hybridized carbons (Fsp3) is 0.409. The molecule has 2 aliphatic heterocycles. The second kappa shape index (κ2) is 8.00. The predicted molar refractivity (Wildman–Crippen MR) is 109 cm³/mol. The van der Waals surface area contributed by atoms with Crippen LogP contribution in [0.3, 0.4) is 0 Å². The first-order valence-corrected chi connectivity index (χ1v) is 10.0. The van der Waals surface area contributed by atoms with Gasteiger partial charge in [-0.1, -0.05) is 18.2 Å². The molecule has 0 radical (unpaired) electrons. The molecule has 2 amide bonds. The van der Waals surface area contributed by atoms with Crippen molar-refractivity contribution < 1.29 is 9.59 Å². The summed E-state index contributed by atoms with van der Waals surface area (Å²) < 4.78 is 0. The molecule has 1 fully saturated rings. The number of nitrogens with two attached hydrogens (primary N) is 1. The summed E-state index contributed by atoms with van der Waals surface area (Å²) in [5.41, 5.74) is 8.12. The zero-order chi connectivity index (χ0) is 19.5. The Morgan fingerprint density at radius 3 is 2.79 bits per heavy atom. The van der Waals surface area contributed by atoms with Crippen LogP contribution in [-0.2, 0) is 11.2 Å². The van der Waals surface area contributed by atoms with E-state index in [0.717, 1.165) is 50.3 Å². The molecule has 1 atom stereocenters. The molecule has 3 heterocycles. The third-order valence-corrected chi connectivity index (χ3v) is 5.77. The lowest BCUT2D eigenvalue weighted by atomic mass is 9.93. The zero-order valence-corrected chi connectivity index (χ0v) is 16.0. The Morgan fingerprint density at radius 2 is 2.00 bits per heavy atom. The van der Waals surface area contributed by atoms with Crippen LogP contribution in [0.5, 0.6) is 0 Å². The number of rotatable bonds is 5. The minimum atomic E-state index is -0.235. The summed E-state index contributed by atoms with van der Waals surface area (Å²) in [6.07, 6.45) is 6.05. The van der Waals surface area contributed by atoms with Gasteiger partial charge in [0.05, 0.1) is 5.56 Å². The van der Waals surface area contributed by atoms with Crippen LogP contribution in [0.25, 0.3) is 0 Å². The number of hydrogen-bond acceptors (Lipinski definition) is 4. The molecule has 6 nitrogen and oxygen atoms in total. The Balaban J connectivity index is 1.43. The van der Waals surface area contributed by atoms with Gasteiger partial charge in [0.2, 0.25) is 5.91 Å². The maximum absolute atomic E-state index is 12.9. The molecule has 1 aromatic heterocycles. The van der Waals surface area contributed by atoms with Gasteiger partial charge >= 0.3 is 0 Å². The molecule has 28 heavy (non-hydrogen) atoms. The van der Waals surface area contributed by atoms with Crippen molar-refractivity contribution in [1.82, 2.24) is 4.98 Å². The van der Waals surface area contributed by atoms with Crippen LogP contribution in [0.15, 0.2) is 42.6 Å². The molecule has 146 valence electrons. The van der Waals surface area contributed by atoms with Crippen LogP contribution in [0, 0.1) is 5.92 Å². The van der Waals surface area contributed by atoms with Gasteiger partial charge in [0.15, 0.2) is 0 Å². The van der Waals surface area contributed by atoms with Crippen molar-refractivity contribution in [3.8, 4) is 0 Å². The van der Waals surface area contributed by atoms with Crippen LogP contribution in [0.2, 0.25) is 0 Å². The molecule has 0 saturated carbocycles. The maximum atomic E-state index is 12.9. The molecule has 4 rings (SSSR count). The number of aromatic nitrogens is 1. The number of fused-ring (bicyclic) bond motifs is 1. The number of para-hydroxylation sites is 1. The third-order valence-electron chi connectivity index (χ3n) is 5.77. The van der Waals surface area contributed by atoms with Crippen LogP contribution < -0.4 is 15.5 Å². The number of hydrogen-bond donors (Lipinski definition) is 1. The van der Waals surface area contributed by atoms with Crippen molar-refractivity contribution in [3.63, 3.8) is 0 Å². The van der Waals surface area contributed by atoms with E-state index in [1.165, 1.54) is 5.56 Å². The lowest BCUT2D eigenvalue weighted by Crippen LogP contribution is -2.36. The molecule has 2 aliphatic rings. The Bertz CT molecular complexity index is 865. The smallest absolute Gasteiger partial charge is 0.259 e. The lowest BCUT2D eigenvalue weighted by Gasteiger charge is -2.33. The molecule has 1 unspecified atom stereocenters. The number of pyridine rings is 1. The normalized spacial score (nSPS) is 18.8. The van der Waals surface area contributed by atoms with E-state index in [0.29, 0.717) is 24.4 Å². The molecule has 2 aromatic rings. The van der Waals surface area contributed by atoms with Gasteiger partial charge in [-0.3, -0.25) is 9.59 Å². The van der Waals surface area contributed by atoms with Crippen LogP contribution in [0.4, 0.5) is 11.5 Å². The van der Waals surface area contributed by atoms with Gasteiger partial charge in [-0.25, -0.2) is 4.98 Å². The number of anilines is 2. The van der Waals surface area contributed by atoms with Gasteiger partial charge in [0.1, 0.15) is 5.82 Å². The van der Waals surface area contributed by atoms with Crippen LogP contribution >= 0.6 is 0 Å². The summed E-state index contributed by atoms with van der Waals surface area (Å²) in [5.74, 6) is 1.12. The lowest BCUT2D eigenvalue weighted by molar-refractivity contribution is -0.118. The first-order chi connectivity index (χ1) is 13.6. The first-order valence-electron chi connectivity index (χ1n) is 10.0. The average molecular weight is 378 g/mol. The van der Waals surface area contributed by atoms with Gasteiger partial charge in [0, 0.05) is 37.9 Å². The monoisotopic (exact) mass is 378 g/mol. The zero-order valence-electron chi connectivity index (χ0n) is 16.0. The fourth-order valence-electron chi connectivity index (χ4n) is 4.26. The van der Waals surface area contributed by atoms with E-state index in [2.05, 4.69) is 16.0 Å². The van der Waals surface area contributed by atoms with E-state index in [1.54, 1.807) is 6.20 Å². The Morgan fingerprint density at radius 1 is 1.14 bits per heavy atom. The summed E-state index contributed by atoms with van der Waals surface area (Å²) in [7, 11) is 0. The number of carbonyl (C=O) groups excluding carboxylic acids is 2. The van der Waals surface area contributed by atoms with E-state index in [9.17, 15) is 9.59 Å². The van der Waals surface area contributed by atoms with Crippen molar-refractivity contribution in [3.05, 3.63) is 53.7 Å². The molecular weight excluding hydrogens is 352 g/mol. The van der Waals surface area contributed by atoms with Crippen molar-refractivity contribution in [1.29, 1.82) is 0 Å². The highest BCUT2D eigenvalue weighted by Gasteiger charge is 2.26. The first kappa shape index (κ1) is 18.5. The van der Waals surface area contributed by atoms with E-state index in [-0.39, 0.29) is 11.8 Å². The number of carbonyl (C=O) groups is 2. The molecule has 1 saturated heterocycles. The molecule has 0 spiro atoms. The van der Waals surface area contributed by atoms with E-state index >= 15 is 0 Å². The summed E-state index contributed by atoms with van der Waals surface area (Å²) in [4.78, 5) is 32.6. The van der Waals surface area contributed by atoms with Crippen molar-refractivity contribution in [2.24, 2.45) is 11.7 Å². The standard InChI is InChI=1S/C22H26N4O2/c23-20(27)9-7-16-4-3-12-25(15-16)21-10-8-18(14-24-21)22(28)26-13-11-17-5-1-2-6-19(17)26/h1-2,5-6,8,10,14,16H,3-4,7,9,11-13,15H2,(H2,23,27). The number of nitrogens with zero attached hydrogens (tertiary/aromatic N) is 3. The minimum Gasteiger partial charge on any atom is -0.370 e. The molecule has 6 heteroatoms. The van der Waals surface area contributed by atoms with Gasteiger partial charge in [-0.15, -0.1) is 0 Å². The highest BCUT2D eigenvalue weighted by Crippen LogP contribution is 2.29. The molecule has 0 bridgehead atoms. The number of benzene rings is 1. The maximum Gasteiger partial charge on any atom is 0.259 e. The summed E-state index contributed by atoms with van der Waals surface area (Å²) in [6.45, 7) is 2.55. The van der Waals surface area contributed by atoms with Gasteiger partial charge < -0.3 is 15.5 Å². The molecule has 2 N–H and O–H groups in total. The number of primary amides is 1. The van der Waals surface area contributed by atoms with E-state index in [4.69, 9.17) is 5.73 Å². The van der Waals surface area contributed by atoms with E-state index < -0.39 is 0 Å². The second-order valence-corrected chi connectivity index (χ2v) is 7.70. The van der Waals surface area contributed by atoms with Gasteiger partial charge in [-0.2, -0.15) is 0 Å². The Kier molecular flexibility index (Phi) is 5.28. The predicted octanol–water partition coefficient (Wildman–Crippen LogP) is 2.77. The minimum absolute atomic E-state index is 0.00183. The second-order valence-electron chi connectivity index (χ2n) is 7.70. The topological polar surface area (TPSA) is 79.5 Å². The van der Waals surface area contributed by atoms with Crippen LogP contribution in [-0.4, -0.2) is 36.4 Å². The molecule has 1 aromatic carbocycles. The molecule has 0 aliphatic carbocycles. The Labute approximate surface area is 165 Å². The quantitative estimate of drug-likeness (QED) is 0.868. The highest BCUT2D eigenvalue weighted by molar-refractivity contribution is 6.07. The number of piperidine rings is 1. The summed E-state index contributed by atoms with van der Waals surface area (Å²) in [6, 6.07) is 11.9. The Hall–Kier alpha value is -2.89. The van der Waals surface area contributed by atoms with Crippen molar-refractivity contribution in [2.75, 3.05) is 29.4 Å².